The van der Waals surface area contributed by atoms with Gasteiger partial charge in [-0.1, -0.05) is 24.3 Å². The van der Waals surface area contributed by atoms with Crippen LogP contribution in [0.3, 0.4) is 0 Å². The third-order valence-electron chi connectivity index (χ3n) is 2.80. The maximum absolute atomic E-state index is 11.9. The minimum absolute atomic E-state index is 0.0494. The molecule has 0 saturated carbocycles. The van der Waals surface area contributed by atoms with Gasteiger partial charge in [0.15, 0.2) is 9.84 Å². The number of anilines is 1. The minimum Gasteiger partial charge on any atom is -0.354 e. The highest BCUT2D eigenvalue weighted by atomic mass is 32.2. The molecule has 1 N–H and O–H groups in total. The molecule has 1 aromatic rings. The average Bonchev–Trinajstić information content (AvgIpc) is 2.36. The summed E-state index contributed by atoms with van der Waals surface area (Å²) in [4.78, 5) is 11.2. The van der Waals surface area contributed by atoms with Crippen molar-refractivity contribution in [2.24, 2.45) is 0 Å². The van der Waals surface area contributed by atoms with Crippen LogP contribution in [0.4, 0.5) is 5.69 Å². The van der Waals surface area contributed by atoms with Gasteiger partial charge in [0.25, 0.3) is 5.12 Å². The summed E-state index contributed by atoms with van der Waals surface area (Å²) in [5.74, 6) is 0. The number of para-hydroxylation sites is 1. The van der Waals surface area contributed by atoms with Gasteiger partial charge in [0.05, 0.1) is 5.70 Å². The second-order valence-electron chi connectivity index (χ2n) is 4.62. The highest BCUT2D eigenvalue weighted by molar-refractivity contribution is 8.09. The Hall–Kier alpha value is -1.93. The predicted octanol–water partition coefficient (Wildman–Crippen LogP) is 0.953. The summed E-state index contributed by atoms with van der Waals surface area (Å²) >= 11 is 0. The zero-order chi connectivity index (χ0) is 15.8. The van der Waals surface area contributed by atoms with Crippen LogP contribution in [0.15, 0.2) is 40.9 Å². The molecule has 0 unspecified atom stereocenters. The van der Waals surface area contributed by atoms with Gasteiger partial charge >= 0.3 is 0 Å². The van der Waals surface area contributed by atoms with Crippen molar-refractivity contribution in [3.8, 4) is 0 Å². The van der Waals surface area contributed by atoms with Crippen molar-refractivity contribution in [1.82, 2.24) is 0 Å². The Morgan fingerprint density at radius 1 is 0.952 bits per heavy atom. The lowest BCUT2D eigenvalue weighted by Crippen LogP contribution is -2.24. The van der Waals surface area contributed by atoms with E-state index >= 15 is 0 Å². The first-order valence-corrected chi connectivity index (χ1v) is 9.62. The van der Waals surface area contributed by atoms with Crippen molar-refractivity contribution in [3.63, 3.8) is 0 Å². The zero-order valence-corrected chi connectivity index (χ0v) is 13.0. The first-order valence-electron chi connectivity index (χ1n) is 5.83. The van der Waals surface area contributed by atoms with E-state index in [1.807, 2.05) is 0 Å². The van der Waals surface area contributed by atoms with E-state index in [0.29, 0.717) is 11.9 Å². The lowest BCUT2D eigenvalue weighted by atomic mass is 10.1. The lowest BCUT2D eigenvalue weighted by Gasteiger charge is -2.18. The van der Waals surface area contributed by atoms with E-state index in [2.05, 4.69) is 5.32 Å². The molecule has 0 radical (unpaired) electrons. The van der Waals surface area contributed by atoms with E-state index in [1.54, 1.807) is 30.3 Å². The molecule has 0 bridgehead atoms. The van der Waals surface area contributed by atoms with Crippen LogP contribution in [-0.4, -0.2) is 34.5 Å². The van der Waals surface area contributed by atoms with Crippen LogP contribution >= 0.6 is 0 Å². The molecule has 1 aromatic carbocycles. The molecule has 0 amide bonds. The van der Waals surface area contributed by atoms with E-state index in [0.717, 1.165) is 11.8 Å². The normalized spacial score (nSPS) is 16.9. The first-order chi connectivity index (χ1) is 9.60. The number of allylic oxidation sites excluding steroid dienone is 1. The molecule has 0 fully saturated rings. The summed E-state index contributed by atoms with van der Waals surface area (Å²) < 4.78 is 46.4. The quantitative estimate of drug-likeness (QED) is 0.812. The average molecular weight is 327 g/mol. The van der Waals surface area contributed by atoms with Crippen LogP contribution in [-0.2, 0) is 24.5 Å². The Morgan fingerprint density at radius 3 is 2.14 bits per heavy atom. The molecule has 0 spiro atoms. The van der Waals surface area contributed by atoms with Crippen LogP contribution in [0.2, 0.25) is 0 Å². The van der Waals surface area contributed by atoms with Crippen LogP contribution < -0.4 is 5.32 Å². The fourth-order valence-electron chi connectivity index (χ4n) is 1.88. The molecule has 0 saturated heterocycles. The van der Waals surface area contributed by atoms with Crippen molar-refractivity contribution in [2.75, 3.05) is 17.8 Å². The summed E-state index contributed by atoms with van der Waals surface area (Å²) in [6.07, 6.45) is 4.47. The van der Waals surface area contributed by atoms with Crippen molar-refractivity contribution < 1.29 is 21.6 Å². The largest absolute Gasteiger partial charge is 0.354 e. The van der Waals surface area contributed by atoms with Crippen LogP contribution in [0.5, 0.6) is 0 Å². The molecule has 1 heterocycles. The predicted molar refractivity (Wildman–Crippen MR) is 80.8 cm³/mol. The number of nitrogens with one attached hydrogen (secondary N) is 1. The molecule has 2 rings (SSSR count). The van der Waals surface area contributed by atoms with Gasteiger partial charge in [-0.3, -0.25) is 4.79 Å². The van der Waals surface area contributed by atoms with E-state index in [4.69, 9.17) is 0 Å². The van der Waals surface area contributed by atoms with E-state index in [1.165, 1.54) is 6.08 Å². The van der Waals surface area contributed by atoms with Gasteiger partial charge in [0.2, 0.25) is 9.84 Å². The van der Waals surface area contributed by atoms with Gasteiger partial charge in [-0.15, -0.1) is 0 Å². The fraction of sp³-hybridized carbons (Fsp3) is 0.154. The fourth-order valence-corrected chi connectivity index (χ4v) is 4.05. The number of carbonyl (C=O) groups excluding carboxylic acids is 1. The molecule has 21 heavy (non-hydrogen) atoms. The van der Waals surface area contributed by atoms with Crippen LogP contribution in [0.1, 0.15) is 5.56 Å². The van der Waals surface area contributed by atoms with Crippen molar-refractivity contribution in [3.05, 3.63) is 46.5 Å². The minimum atomic E-state index is -4.16. The number of hydrogen-bond acceptors (Lipinski definition) is 6. The van der Waals surface area contributed by atoms with Gasteiger partial charge in [0.1, 0.15) is 4.91 Å². The molecule has 6 nitrogen and oxygen atoms in total. The second kappa shape index (κ2) is 5.12. The molecular formula is C13H13NO5S2. The number of rotatable bonds is 2. The molecule has 112 valence electrons. The Balaban J connectivity index is 2.67. The number of fused-ring (bicyclic) bond motifs is 1. The van der Waals surface area contributed by atoms with Gasteiger partial charge in [-0.05, 0) is 17.7 Å². The third-order valence-corrected chi connectivity index (χ3v) is 4.95. The van der Waals surface area contributed by atoms with Crippen LogP contribution in [0, 0.1) is 0 Å². The monoisotopic (exact) mass is 327 g/mol. The van der Waals surface area contributed by atoms with E-state index < -0.39 is 29.7 Å². The van der Waals surface area contributed by atoms with Gasteiger partial charge < -0.3 is 5.32 Å². The Bertz CT molecular complexity index is 877. The standard InChI is InChI=1S/C13H13NO5S2/c1-20(16,17)12(13(15)21(2,18)19)11-8-7-9-5-3-4-6-10(9)14-11/h3-8,14H,1-2H3/b12-11-. The van der Waals surface area contributed by atoms with Gasteiger partial charge in [0, 0.05) is 18.2 Å². The highest BCUT2D eigenvalue weighted by Gasteiger charge is 2.32. The Kier molecular flexibility index (Phi) is 3.77. The van der Waals surface area contributed by atoms with Crippen molar-refractivity contribution in [2.45, 2.75) is 0 Å². The topological polar surface area (TPSA) is 97.4 Å². The highest BCUT2D eigenvalue weighted by Crippen LogP contribution is 2.27. The molecular weight excluding hydrogens is 314 g/mol. The smallest absolute Gasteiger partial charge is 0.289 e. The summed E-state index contributed by atoms with van der Waals surface area (Å²) in [6, 6.07) is 7.04. The van der Waals surface area contributed by atoms with E-state index in [9.17, 15) is 21.6 Å². The van der Waals surface area contributed by atoms with Gasteiger partial charge in [-0.25, -0.2) is 16.8 Å². The summed E-state index contributed by atoms with van der Waals surface area (Å²) in [5.41, 5.74) is 1.35. The molecule has 1 aliphatic rings. The maximum atomic E-state index is 11.9. The third kappa shape index (κ3) is 3.22. The SMILES string of the molecule is CS(=O)(=O)C(=O)/C(=C1\C=Cc2ccccc2N1)S(C)(=O)=O. The second-order valence-corrected chi connectivity index (χ2v) is 8.49. The summed E-state index contributed by atoms with van der Waals surface area (Å²) in [6.45, 7) is 0. The summed E-state index contributed by atoms with van der Waals surface area (Å²) in [7, 11) is -8.17. The van der Waals surface area contributed by atoms with E-state index in [-0.39, 0.29) is 5.70 Å². The number of sulfone groups is 2. The Labute approximate surface area is 123 Å². The number of hydrogen-bond donors (Lipinski definition) is 1. The number of benzene rings is 1. The number of carbonyl (C=O) groups is 1. The van der Waals surface area contributed by atoms with Crippen molar-refractivity contribution >= 4 is 36.6 Å². The van der Waals surface area contributed by atoms with Crippen molar-refractivity contribution in [1.29, 1.82) is 0 Å². The first kappa shape index (κ1) is 15.5. The van der Waals surface area contributed by atoms with Gasteiger partial charge in [-0.2, -0.15) is 0 Å². The Morgan fingerprint density at radius 2 is 1.57 bits per heavy atom. The molecule has 0 aromatic heterocycles. The lowest BCUT2D eigenvalue weighted by molar-refractivity contribution is -0.108. The van der Waals surface area contributed by atoms with Crippen LogP contribution in [0.25, 0.3) is 6.08 Å². The molecule has 1 aliphatic heterocycles. The molecule has 8 heteroatoms. The zero-order valence-electron chi connectivity index (χ0n) is 11.3. The molecule has 0 aliphatic carbocycles. The molecule has 0 atom stereocenters. The maximum Gasteiger partial charge on any atom is 0.289 e. The summed E-state index contributed by atoms with van der Waals surface area (Å²) in [5, 5.41) is 1.37.